The summed E-state index contributed by atoms with van der Waals surface area (Å²) in [6.45, 7) is -1.11. The van der Waals surface area contributed by atoms with Gasteiger partial charge in [-0.2, -0.15) is 5.09 Å². The number of azide groups is 1. The summed E-state index contributed by atoms with van der Waals surface area (Å²) in [5.41, 5.74) is 6.66. The highest BCUT2D eigenvalue weighted by molar-refractivity contribution is 7.52. The fourth-order valence-electron chi connectivity index (χ4n) is 5.65. The van der Waals surface area contributed by atoms with Gasteiger partial charge in [-0.25, -0.2) is 9.36 Å². The number of nitrogens with one attached hydrogen (secondary N) is 2. The number of aromatic amines is 1. The van der Waals surface area contributed by atoms with Gasteiger partial charge in [0.15, 0.2) is 6.23 Å². The molecule has 1 aliphatic rings. The van der Waals surface area contributed by atoms with E-state index in [0.29, 0.717) is 16.5 Å². The van der Waals surface area contributed by atoms with E-state index in [2.05, 4.69) is 15.1 Å². The van der Waals surface area contributed by atoms with Crippen LogP contribution in [0.2, 0.25) is 0 Å². The fourth-order valence-corrected chi connectivity index (χ4v) is 7.18. The van der Waals surface area contributed by atoms with Gasteiger partial charge in [0.05, 0.1) is 6.61 Å². The second-order valence-corrected chi connectivity index (χ2v) is 13.5. The molecule has 2 unspecified atom stereocenters. The number of H-pyrrole nitrogens is 1. The average molecular weight is 729 g/mol. The molecule has 1 aromatic heterocycles. The Balaban J connectivity index is 1.35. The number of esters is 1. The molecule has 1 fully saturated rings. The fraction of sp³-hybridized carbons (Fsp3) is 0.229. The highest BCUT2D eigenvalue weighted by atomic mass is 31.2. The quantitative estimate of drug-likeness (QED) is 0.0419. The number of aliphatic hydroxyl groups is 2. The molecule has 6 rings (SSSR count). The maximum atomic E-state index is 14.9. The Kier molecular flexibility index (Phi) is 11.0. The first-order valence-corrected chi connectivity index (χ1v) is 17.5. The topological polar surface area (TPSA) is 227 Å². The number of carbonyl (C=O) groups excluding carboxylic acids is 1. The van der Waals surface area contributed by atoms with Crippen molar-refractivity contribution in [2.45, 2.75) is 43.2 Å². The van der Waals surface area contributed by atoms with Crippen molar-refractivity contribution in [1.29, 1.82) is 0 Å². The Morgan fingerprint density at radius 1 is 0.981 bits per heavy atom. The SMILES string of the molecule is [N-]=[N+]=N[C@]1(COP(=O)(N[C@@H](Cc2ccccc2)C(=O)OCc2ccccc2)Oc2cccc3ccccc23)OC(n2ccc(=O)[nH]c2=O)[C@H](O)[C@@H]1O. The van der Waals surface area contributed by atoms with Gasteiger partial charge in [0.1, 0.15) is 30.6 Å². The van der Waals surface area contributed by atoms with Crippen LogP contribution in [-0.4, -0.2) is 56.3 Å². The lowest BCUT2D eigenvalue weighted by atomic mass is 10.1. The Morgan fingerprint density at radius 3 is 2.37 bits per heavy atom. The van der Waals surface area contributed by atoms with Crippen LogP contribution in [0.4, 0.5) is 0 Å². The minimum Gasteiger partial charge on any atom is -0.460 e. The van der Waals surface area contributed by atoms with E-state index in [-0.39, 0.29) is 18.8 Å². The smallest absolute Gasteiger partial charge is 0.459 e. The van der Waals surface area contributed by atoms with Crippen molar-refractivity contribution < 1.29 is 38.1 Å². The molecule has 52 heavy (non-hydrogen) atoms. The predicted octanol–water partition coefficient (Wildman–Crippen LogP) is 4.10. The van der Waals surface area contributed by atoms with E-state index in [0.717, 1.165) is 22.2 Å². The van der Waals surface area contributed by atoms with Gasteiger partial charge < -0.3 is 24.2 Å². The van der Waals surface area contributed by atoms with Gasteiger partial charge in [0.2, 0.25) is 5.72 Å². The van der Waals surface area contributed by atoms with E-state index in [1.54, 1.807) is 91.0 Å². The number of benzene rings is 4. The molecule has 5 aromatic rings. The molecule has 1 aliphatic heterocycles. The molecule has 1 saturated heterocycles. The second kappa shape index (κ2) is 15.8. The molecule has 16 nitrogen and oxygen atoms in total. The van der Waals surface area contributed by atoms with Crippen LogP contribution in [-0.2, 0) is 36.4 Å². The van der Waals surface area contributed by atoms with E-state index in [1.807, 2.05) is 11.1 Å². The van der Waals surface area contributed by atoms with Crippen LogP contribution in [0.1, 0.15) is 17.4 Å². The molecule has 17 heteroatoms. The van der Waals surface area contributed by atoms with E-state index in [9.17, 15) is 34.7 Å². The van der Waals surface area contributed by atoms with E-state index in [4.69, 9.17) is 18.5 Å². The Labute approximate surface area is 295 Å². The number of rotatable bonds is 14. The van der Waals surface area contributed by atoms with E-state index >= 15 is 0 Å². The van der Waals surface area contributed by atoms with Crippen molar-refractivity contribution in [3.05, 3.63) is 158 Å². The highest BCUT2D eigenvalue weighted by Gasteiger charge is 2.56. The van der Waals surface area contributed by atoms with Crippen molar-refractivity contribution in [2.24, 2.45) is 5.11 Å². The Bertz CT molecular complexity index is 2240. The van der Waals surface area contributed by atoms with Gasteiger partial charge in [-0.15, -0.1) is 0 Å². The number of ether oxygens (including phenoxy) is 2. The molecule has 0 bridgehead atoms. The van der Waals surface area contributed by atoms with Crippen LogP contribution in [0.25, 0.3) is 21.2 Å². The summed E-state index contributed by atoms with van der Waals surface area (Å²) < 4.78 is 39.0. The molecule has 2 heterocycles. The van der Waals surface area contributed by atoms with Gasteiger partial charge in [0.25, 0.3) is 5.56 Å². The van der Waals surface area contributed by atoms with Gasteiger partial charge >= 0.3 is 19.4 Å². The van der Waals surface area contributed by atoms with Crippen molar-refractivity contribution in [3.8, 4) is 5.75 Å². The summed E-state index contributed by atoms with van der Waals surface area (Å²) in [5.74, 6) is -0.707. The van der Waals surface area contributed by atoms with Crippen molar-refractivity contribution in [2.75, 3.05) is 6.61 Å². The van der Waals surface area contributed by atoms with Gasteiger partial charge in [-0.1, -0.05) is 102 Å². The number of nitrogens with zero attached hydrogens (tertiary/aromatic N) is 4. The molecule has 0 radical (unpaired) electrons. The summed E-state index contributed by atoms with van der Waals surface area (Å²) in [4.78, 5) is 42.6. The first kappa shape index (κ1) is 36.2. The number of aromatic nitrogens is 2. The maximum Gasteiger partial charge on any atom is 0.459 e. The molecule has 0 spiro atoms. The molecule has 0 amide bonds. The van der Waals surface area contributed by atoms with Crippen LogP contribution >= 0.6 is 7.75 Å². The Morgan fingerprint density at radius 2 is 1.65 bits per heavy atom. The predicted molar refractivity (Wildman–Crippen MR) is 187 cm³/mol. The summed E-state index contributed by atoms with van der Waals surface area (Å²) >= 11 is 0. The summed E-state index contributed by atoms with van der Waals surface area (Å²) in [7, 11) is -4.78. The van der Waals surface area contributed by atoms with Gasteiger partial charge in [0, 0.05) is 22.6 Å². The number of hydrogen-bond donors (Lipinski definition) is 4. The molecule has 4 N–H and O–H groups in total. The standard InChI is InChI=1S/C35H33N6O10P/c36-40-39-35(31(44)30(43)32(50-35)41-19-18-29(42)37-34(41)46)22-49-52(47,51-28-17-9-15-25-14-7-8-16-26(25)28)38-27(20-23-10-3-1-4-11-23)33(45)48-21-24-12-5-2-6-13-24/h1-19,27,30-32,43-44H,20-22H2,(H,38,47)(H,37,42,46)/t27-,30+,31-,32?,35+,52?/m0/s1. The molecule has 0 aliphatic carbocycles. The lowest BCUT2D eigenvalue weighted by molar-refractivity contribution is -0.147. The average Bonchev–Trinajstić information content (AvgIpc) is 3.39. The van der Waals surface area contributed by atoms with Crippen LogP contribution in [0.3, 0.4) is 0 Å². The monoisotopic (exact) mass is 728 g/mol. The minimum absolute atomic E-state index is 0.0305. The third-order valence-electron chi connectivity index (χ3n) is 8.26. The first-order valence-electron chi connectivity index (χ1n) is 16.0. The third-order valence-corrected chi connectivity index (χ3v) is 9.79. The maximum absolute atomic E-state index is 14.9. The summed E-state index contributed by atoms with van der Waals surface area (Å²) in [5, 5.41) is 29.6. The summed E-state index contributed by atoms with van der Waals surface area (Å²) in [6, 6.07) is 29.5. The van der Waals surface area contributed by atoms with E-state index < -0.39 is 61.8 Å². The van der Waals surface area contributed by atoms with Crippen molar-refractivity contribution in [1.82, 2.24) is 14.6 Å². The lowest BCUT2D eigenvalue weighted by Gasteiger charge is -2.30. The third kappa shape index (κ3) is 8.15. The molecule has 4 aromatic carbocycles. The zero-order chi connectivity index (χ0) is 36.7. The number of hydrogen-bond acceptors (Lipinski definition) is 11. The van der Waals surface area contributed by atoms with E-state index in [1.165, 1.54) is 6.07 Å². The number of aliphatic hydroxyl groups excluding tert-OH is 2. The summed E-state index contributed by atoms with van der Waals surface area (Å²) in [6.07, 6.45) is -4.65. The van der Waals surface area contributed by atoms with Crippen LogP contribution in [0, 0.1) is 0 Å². The lowest BCUT2D eigenvalue weighted by Crippen LogP contribution is -2.46. The molecule has 268 valence electrons. The van der Waals surface area contributed by atoms with Crippen LogP contribution in [0.15, 0.2) is 130 Å². The highest BCUT2D eigenvalue weighted by Crippen LogP contribution is 2.49. The minimum atomic E-state index is -4.78. The van der Waals surface area contributed by atoms with Crippen LogP contribution in [0.5, 0.6) is 5.75 Å². The number of fused-ring (bicyclic) bond motifs is 1. The van der Waals surface area contributed by atoms with Crippen molar-refractivity contribution in [3.63, 3.8) is 0 Å². The van der Waals surface area contributed by atoms with Crippen molar-refractivity contribution >= 4 is 24.5 Å². The van der Waals surface area contributed by atoms with Gasteiger partial charge in [-0.3, -0.25) is 23.7 Å². The molecular weight excluding hydrogens is 695 g/mol. The molecule has 0 saturated carbocycles. The largest absolute Gasteiger partial charge is 0.460 e. The zero-order valence-electron chi connectivity index (χ0n) is 27.3. The molecular formula is C35H33N6O10P. The van der Waals surface area contributed by atoms with Gasteiger partial charge in [-0.05, 0) is 34.5 Å². The zero-order valence-corrected chi connectivity index (χ0v) is 28.2. The second-order valence-electron chi connectivity index (χ2n) is 11.8. The normalized spacial score (nSPS) is 21.5. The van der Waals surface area contributed by atoms with Crippen LogP contribution < -0.4 is 20.9 Å². The Hall–Kier alpha value is -5.57. The number of carbonyl (C=O) groups is 1. The first-order chi connectivity index (χ1) is 25.1. The molecule has 6 atom stereocenters.